The number of alkyl halides is 3. The number of aromatic nitrogens is 8. The van der Waals surface area contributed by atoms with E-state index >= 15 is 0 Å². The minimum absolute atomic E-state index is 0.0155. The summed E-state index contributed by atoms with van der Waals surface area (Å²) in [5.74, 6) is -1.45. The first-order valence-electron chi connectivity index (χ1n) is 8.06. The number of hydrogen-bond donors (Lipinski definition) is 1. The van der Waals surface area contributed by atoms with Crippen molar-refractivity contribution < 1.29 is 18.0 Å². The second-order valence-electron chi connectivity index (χ2n) is 5.76. The number of nitrogens with zero attached hydrogens (tertiary/aromatic N) is 8. The molecule has 2 N–H and O–H groups in total. The second-order valence-corrected chi connectivity index (χ2v) is 6.16. The Morgan fingerprint density at radius 1 is 1.07 bits per heavy atom. The van der Waals surface area contributed by atoms with Gasteiger partial charge in [-0.15, -0.1) is 4.80 Å². The zero-order chi connectivity index (χ0) is 21.5. The Morgan fingerprint density at radius 2 is 1.80 bits per heavy atom. The number of halogens is 4. The Hall–Kier alpha value is -3.87. The number of rotatable bonds is 4. The van der Waals surface area contributed by atoms with Crippen molar-refractivity contribution in [2.24, 2.45) is 5.73 Å². The van der Waals surface area contributed by atoms with Crippen LogP contribution in [0.5, 0.6) is 0 Å². The van der Waals surface area contributed by atoms with E-state index in [2.05, 4.69) is 30.2 Å². The van der Waals surface area contributed by atoms with Gasteiger partial charge in [-0.3, -0.25) is 9.78 Å². The predicted molar refractivity (Wildman–Crippen MR) is 95.8 cm³/mol. The number of amides is 1. The van der Waals surface area contributed by atoms with Gasteiger partial charge in [-0.25, -0.2) is 14.6 Å². The molecule has 0 aliphatic rings. The van der Waals surface area contributed by atoms with Gasteiger partial charge in [-0.2, -0.15) is 28.5 Å². The Kier molecular flexibility index (Phi) is 4.66. The van der Waals surface area contributed by atoms with E-state index in [1.54, 1.807) is 0 Å². The molecule has 0 saturated heterocycles. The summed E-state index contributed by atoms with van der Waals surface area (Å²) in [6, 6.07) is 1.28. The molecule has 0 aliphatic heterocycles. The molecule has 0 spiro atoms. The first-order chi connectivity index (χ1) is 14.3. The van der Waals surface area contributed by atoms with Crippen molar-refractivity contribution in [3.8, 4) is 22.9 Å². The molecule has 0 aromatic carbocycles. The van der Waals surface area contributed by atoms with Gasteiger partial charge in [-0.05, 0) is 6.07 Å². The van der Waals surface area contributed by atoms with E-state index < -0.39 is 23.3 Å². The van der Waals surface area contributed by atoms with Crippen LogP contribution < -0.4 is 5.73 Å². The molecule has 0 unspecified atom stereocenters. The molecule has 0 radical (unpaired) electrons. The van der Waals surface area contributed by atoms with Crippen LogP contribution in [0.1, 0.15) is 16.1 Å². The SMILES string of the molecule is NC(=O)c1c(-c2cnc(-n3nccn3)c(Cl)c2)nn(-c2cnccn2)c1C(F)(F)F. The van der Waals surface area contributed by atoms with Crippen molar-refractivity contribution in [1.29, 1.82) is 0 Å². The van der Waals surface area contributed by atoms with E-state index in [1.165, 1.54) is 37.1 Å². The molecule has 10 nitrogen and oxygen atoms in total. The van der Waals surface area contributed by atoms with Crippen LogP contribution in [-0.2, 0) is 6.18 Å². The van der Waals surface area contributed by atoms with Gasteiger partial charge < -0.3 is 5.73 Å². The third kappa shape index (κ3) is 3.34. The van der Waals surface area contributed by atoms with Gasteiger partial charge in [0.25, 0.3) is 5.91 Å². The highest BCUT2D eigenvalue weighted by Crippen LogP contribution is 2.38. The van der Waals surface area contributed by atoms with Gasteiger partial charge in [0, 0.05) is 24.2 Å². The minimum atomic E-state index is -4.97. The molecule has 0 bridgehead atoms. The first-order valence-corrected chi connectivity index (χ1v) is 8.44. The summed E-state index contributed by atoms with van der Waals surface area (Å²) in [7, 11) is 0. The molecule has 30 heavy (non-hydrogen) atoms. The van der Waals surface area contributed by atoms with Crippen LogP contribution in [0, 0.1) is 0 Å². The van der Waals surface area contributed by atoms with Crippen molar-refractivity contribution in [3.63, 3.8) is 0 Å². The predicted octanol–water partition coefficient (Wildman–Crippen LogP) is 2.08. The Morgan fingerprint density at radius 3 is 2.37 bits per heavy atom. The number of primary amides is 1. The van der Waals surface area contributed by atoms with Crippen molar-refractivity contribution in [2.45, 2.75) is 6.18 Å². The number of nitrogens with two attached hydrogens (primary N) is 1. The summed E-state index contributed by atoms with van der Waals surface area (Å²) < 4.78 is 42.0. The summed E-state index contributed by atoms with van der Waals surface area (Å²) in [6.07, 6.45) is 2.54. The average molecular weight is 436 g/mol. The topological polar surface area (TPSA) is 130 Å². The number of pyridine rings is 1. The third-order valence-corrected chi connectivity index (χ3v) is 4.15. The lowest BCUT2D eigenvalue weighted by atomic mass is 10.1. The zero-order valence-electron chi connectivity index (χ0n) is 14.6. The van der Waals surface area contributed by atoms with E-state index in [1.807, 2.05) is 0 Å². The molecule has 152 valence electrons. The van der Waals surface area contributed by atoms with Gasteiger partial charge in [0.15, 0.2) is 17.3 Å². The van der Waals surface area contributed by atoms with E-state index in [4.69, 9.17) is 17.3 Å². The fraction of sp³-hybridized carbons (Fsp3) is 0.0625. The minimum Gasteiger partial charge on any atom is -0.365 e. The summed E-state index contributed by atoms with van der Waals surface area (Å²) in [5, 5.41) is 11.7. The van der Waals surface area contributed by atoms with Crippen LogP contribution in [0.4, 0.5) is 13.2 Å². The highest BCUT2D eigenvalue weighted by atomic mass is 35.5. The fourth-order valence-corrected chi connectivity index (χ4v) is 2.96. The standard InChI is InChI=1S/C16H9ClF3N9O/c17-9-5-8(6-24-15(9)29-25-3-4-26-29)12-11(14(21)30)13(16(18,19)20)28(27-12)10-7-22-1-2-23-10/h1-7H,(H2,21,30). The maximum absolute atomic E-state index is 13.8. The highest BCUT2D eigenvalue weighted by Gasteiger charge is 2.43. The molecule has 0 aliphatic carbocycles. The van der Waals surface area contributed by atoms with Gasteiger partial charge in [0.05, 0.1) is 29.2 Å². The highest BCUT2D eigenvalue weighted by molar-refractivity contribution is 6.32. The Labute approximate surface area is 170 Å². The molecule has 4 rings (SSSR count). The molecule has 0 saturated carbocycles. The maximum Gasteiger partial charge on any atom is 0.434 e. The van der Waals surface area contributed by atoms with Crippen LogP contribution in [0.25, 0.3) is 22.9 Å². The Balaban J connectivity index is 1.96. The van der Waals surface area contributed by atoms with Crippen LogP contribution >= 0.6 is 11.6 Å². The molecule has 0 atom stereocenters. The van der Waals surface area contributed by atoms with Crippen LogP contribution in [0.15, 0.2) is 43.2 Å². The largest absolute Gasteiger partial charge is 0.434 e. The monoisotopic (exact) mass is 435 g/mol. The van der Waals surface area contributed by atoms with Crippen LogP contribution in [0.2, 0.25) is 5.02 Å². The number of hydrogen-bond acceptors (Lipinski definition) is 7. The van der Waals surface area contributed by atoms with Gasteiger partial charge in [0.2, 0.25) is 0 Å². The van der Waals surface area contributed by atoms with Crippen molar-refractivity contribution in [1.82, 2.24) is 39.7 Å². The van der Waals surface area contributed by atoms with Crippen molar-refractivity contribution in [2.75, 3.05) is 0 Å². The molecule has 4 aromatic rings. The molecule has 4 aromatic heterocycles. The van der Waals surface area contributed by atoms with E-state index in [9.17, 15) is 18.0 Å². The Bertz CT molecular complexity index is 1220. The average Bonchev–Trinajstić information content (AvgIpc) is 3.36. The zero-order valence-corrected chi connectivity index (χ0v) is 15.4. The van der Waals surface area contributed by atoms with Gasteiger partial charge in [-0.1, -0.05) is 11.6 Å². The summed E-state index contributed by atoms with van der Waals surface area (Å²) in [5.41, 5.74) is 2.70. The lowest BCUT2D eigenvalue weighted by molar-refractivity contribution is -0.143. The molecule has 0 fully saturated rings. The number of carbonyl (C=O) groups excluding carboxylic acids is 1. The normalized spacial score (nSPS) is 11.6. The van der Waals surface area contributed by atoms with Crippen molar-refractivity contribution >= 4 is 17.5 Å². The third-order valence-electron chi connectivity index (χ3n) is 3.87. The fourth-order valence-electron chi connectivity index (χ4n) is 2.71. The van der Waals surface area contributed by atoms with E-state index in [-0.39, 0.29) is 27.9 Å². The summed E-state index contributed by atoms with van der Waals surface area (Å²) in [6.45, 7) is 0. The quantitative estimate of drug-likeness (QED) is 0.519. The molecule has 4 heterocycles. The van der Waals surface area contributed by atoms with E-state index in [0.717, 1.165) is 11.0 Å². The molecule has 14 heteroatoms. The van der Waals surface area contributed by atoms with Crippen molar-refractivity contribution in [3.05, 3.63) is 59.5 Å². The number of carbonyl (C=O) groups is 1. The molecular formula is C16H9ClF3N9O. The van der Waals surface area contributed by atoms with Gasteiger partial charge in [0.1, 0.15) is 5.69 Å². The summed E-state index contributed by atoms with van der Waals surface area (Å²) >= 11 is 6.20. The van der Waals surface area contributed by atoms with Gasteiger partial charge >= 0.3 is 6.18 Å². The maximum atomic E-state index is 13.8. The lowest BCUT2D eigenvalue weighted by Gasteiger charge is -2.10. The van der Waals surface area contributed by atoms with Crippen LogP contribution in [0.3, 0.4) is 0 Å². The second kappa shape index (κ2) is 7.18. The first kappa shape index (κ1) is 19.4. The van der Waals surface area contributed by atoms with Crippen LogP contribution in [-0.4, -0.2) is 45.6 Å². The summed E-state index contributed by atoms with van der Waals surface area (Å²) in [4.78, 5) is 24.8. The molecule has 1 amide bonds. The van der Waals surface area contributed by atoms with E-state index in [0.29, 0.717) is 4.68 Å². The lowest BCUT2D eigenvalue weighted by Crippen LogP contribution is -2.21. The molecular weight excluding hydrogens is 427 g/mol. The smallest absolute Gasteiger partial charge is 0.365 e.